The fourth-order valence-electron chi connectivity index (χ4n) is 8.87. The number of fused-ring (bicyclic) bond motifs is 3. The number of rotatable bonds is 7. The van der Waals surface area contributed by atoms with Gasteiger partial charge in [-0.15, -0.1) is 11.3 Å². The normalized spacial score (nSPS) is 29.2. The summed E-state index contributed by atoms with van der Waals surface area (Å²) in [7, 11) is 1.75. The van der Waals surface area contributed by atoms with Crippen LogP contribution in [-0.2, 0) is 4.79 Å². The number of carbonyl (C=O) groups excluding carboxylic acids is 1. The number of aromatic nitrogens is 2. The summed E-state index contributed by atoms with van der Waals surface area (Å²) >= 11 is 1.65. The van der Waals surface area contributed by atoms with Crippen LogP contribution >= 0.6 is 11.3 Å². The molecule has 4 saturated carbocycles. The number of amides is 1. The van der Waals surface area contributed by atoms with E-state index in [4.69, 9.17) is 9.97 Å². The van der Waals surface area contributed by atoms with Crippen molar-refractivity contribution in [1.82, 2.24) is 20.2 Å². The van der Waals surface area contributed by atoms with Crippen molar-refractivity contribution in [3.8, 4) is 0 Å². The standard InChI is InChI=1S/C34H47N7OS/c1-33(2)22-20-26(31(42)35-4)34(3,28(33)21-22)39-30-29-27(14-19-43-29)37-32(38-30)36-23-10-12-25(13-11-23)41-17-15-40(16-18-41)24-8-6-5-7-9-24/h10-14,19,22,24,26,28H,5-9,15-18,20-21H2,1-4H3,(H,35,42)(H2,36,37,38,39)/t22-,26+,28-,34-/m0/s1. The first kappa shape index (κ1) is 28.8. The lowest BCUT2D eigenvalue weighted by Crippen LogP contribution is -2.69. The van der Waals surface area contributed by atoms with Gasteiger partial charge in [-0.25, -0.2) is 4.98 Å². The van der Waals surface area contributed by atoms with Gasteiger partial charge in [0.05, 0.1) is 21.7 Å². The largest absolute Gasteiger partial charge is 0.369 e. The Bertz CT molecular complexity index is 1460. The van der Waals surface area contributed by atoms with Crippen LogP contribution in [0.3, 0.4) is 0 Å². The van der Waals surface area contributed by atoms with Gasteiger partial charge in [0.2, 0.25) is 11.9 Å². The van der Waals surface area contributed by atoms with E-state index in [9.17, 15) is 4.79 Å². The van der Waals surface area contributed by atoms with Crippen LogP contribution in [0.25, 0.3) is 10.2 Å². The predicted molar refractivity (Wildman–Crippen MR) is 177 cm³/mol. The van der Waals surface area contributed by atoms with E-state index < -0.39 is 5.54 Å². The Balaban J connectivity index is 1.07. The van der Waals surface area contributed by atoms with Crippen LogP contribution in [0.2, 0.25) is 0 Å². The minimum atomic E-state index is -0.399. The van der Waals surface area contributed by atoms with E-state index in [0.717, 1.165) is 66.8 Å². The Morgan fingerprint density at radius 3 is 2.40 bits per heavy atom. The molecule has 1 amide bonds. The molecule has 8 rings (SSSR count). The summed E-state index contributed by atoms with van der Waals surface area (Å²) in [5, 5.41) is 12.3. The van der Waals surface area contributed by atoms with E-state index in [2.05, 4.69) is 82.2 Å². The predicted octanol–water partition coefficient (Wildman–Crippen LogP) is 6.49. The summed E-state index contributed by atoms with van der Waals surface area (Å²) in [5.74, 6) is 2.37. The van der Waals surface area contributed by atoms with E-state index >= 15 is 0 Å². The van der Waals surface area contributed by atoms with Gasteiger partial charge in [-0.05, 0) is 85.6 Å². The second kappa shape index (κ2) is 11.2. The molecule has 1 aromatic carbocycles. The molecule has 2 bridgehead atoms. The Labute approximate surface area is 260 Å². The van der Waals surface area contributed by atoms with Crippen molar-refractivity contribution >= 4 is 50.6 Å². The van der Waals surface area contributed by atoms with Crippen molar-refractivity contribution in [1.29, 1.82) is 0 Å². The van der Waals surface area contributed by atoms with Crippen LogP contribution in [-0.4, -0.2) is 65.6 Å². The van der Waals surface area contributed by atoms with E-state index in [1.54, 1.807) is 18.4 Å². The van der Waals surface area contributed by atoms with Crippen molar-refractivity contribution in [3.05, 3.63) is 35.7 Å². The Morgan fingerprint density at radius 1 is 0.953 bits per heavy atom. The summed E-state index contributed by atoms with van der Waals surface area (Å²) in [6.07, 6.45) is 9.02. The first-order chi connectivity index (χ1) is 20.8. The average molecular weight is 602 g/mol. The summed E-state index contributed by atoms with van der Waals surface area (Å²) in [6, 6.07) is 11.6. The summed E-state index contributed by atoms with van der Waals surface area (Å²) < 4.78 is 1.03. The number of hydrogen-bond donors (Lipinski definition) is 3. The van der Waals surface area contributed by atoms with Crippen LogP contribution in [0.5, 0.6) is 0 Å². The molecule has 4 atom stereocenters. The highest BCUT2D eigenvalue weighted by Crippen LogP contribution is 2.65. The van der Waals surface area contributed by atoms with E-state index in [1.165, 1.54) is 37.8 Å². The molecule has 4 aliphatic carbocycles. The molecule has 230 valence electrons. The molecule has 9 heteroatoms. The Kier molecular flexibility index (Phi) is 7.53. The minimum Gasteiger partial charge on any atom is -0.369 e. The van der Waals surface area contributed by atoms with E-state index in [0.29, 0.717) is 17.8 Å². The highest BCUT2D eigenvalue weighted by Gasteiger charge is 2.64. The van der Waals surface area contributed by atoms with Crippen LogP contribution in [0, 0.1) is 23.2 Å². The van der Waals surface area contributed by atoms with Gasteiger partial charge in [0.25, 0.3) is 0 Å². The highest BCUT2D eigenvalue weighted by molar-refractivity contribution is 7.17. The van der Waals surface area contributed by atoms with Gasteiger partial charge in [0, 0.05) is 50.6 Å². The second-order valence-corrected chi connectivity index (χ2v) is 15.1. The Morgan fingerprint density at radius 2 is 1.70 bits per heavy atom. The molecule has 5 aliphatic rings. The van der Waals surface area contributed by atoms with Gasteiger partial charge in [0.1, 0.15) is 5.82 Å². The Hall–Kier alpha value is -2.91. The van der Waals surface area contributed by atoms with E-state index in [-0.39, 0.29) is 17.2 Å². The van der Waals surface area contributed by atoms with Gasteiger partial charge in [-0.1, -0.05) is 33.1 Å². The third kappa shape index (κ3) is 5.16. The molecule has 43 heavy (non-hydrogen) atoms. The molecule has 0 spiro atoms. The van der Waals surface area contributed by atoms with Crippen molar-refractivity contribution in [2.45, 2.75) is 77.3 Å². The molecule has 0 unspecified atom stereocenters. The maximum atomic E-state index is 13.1. The highest BCUT2D eigenvalue weighted by atomic mass is 32.1. The average Bonchev–Trinajstić information content (AvgIpc) is 3.50. The van der Waals surface area contributed by atoms with Crippen LogP contribution in [0.15, 0.2) is 35.7 Å². The maximum Gasteiger partial charge on any atom is 0.229 e. The molecule has 0 radical (unpaired) electrons. The fraction of sp³-hybridized carbons (Fsp3) is 0.618. The third-order valence-electron chi connectivity index (χ3n) is 11.6. The van der Waals surface area contributed by atoms with Gasteiger partial charge in [-0.3, -0.25) is 9.69 Å². The van der Waals surface area contributed by atoms with Crippen molar-refractivity contribution in [2.75, 3.05) is 48.8 Å². The number of piperazine rings is 1. The van der Waals surface area contributed by atoms with Gasteiger partial charge < -0.3 is 20.9 Å². The molecule has 1 aliphatic heterocycles. The molecule has 3 aromatic rings. The maximum absolute atomic E-state index is 13.1. The van der Waals surface area contributed by atoms with Crippen LogP contribution < -0.4 is 20.9 Å². The van der Waals surface area contributed by atoms with Gasteiger partial charge in [-0.2, -0.15) is 4.98 Å². The van der Waals surface area contributed by atoms with Crippen molar-refractivity contribution in [2.24, 2.45) is 23.2 Å². The summed E-state index contributed by atoms with van der Waals surface area (Å²) in [4.78, 5) is 28.2. The van der Waals surface area contributed by atoms with Crippen molar-refractivity contribution < 1.29 is 4.79 Å². The lowest BCUT2D eigenvalue weighted by atomic mass is 9.40. The molecular formula is C34H47N7OS. The SMILES string of the molecule is CNC(=O)[C@H]1C[C@H]2C[C@@H](C2(C)C)[C@@]1(C)Nc1nc(Nc2ccc(N3CCN(C4CCCCC4)CC3)cc2)nc2ccsc12. The molecule has 2 aromatic heterocycles. The zero-order valence-electron chi connectivity index (χ0n) is 26.2. The first-order valence-corrected chi connectivity index (χ1v) is 17.3. The topological polar surface area (TPSA) is 85.4 Å². The number of carbonyl (C=O) groups is 1. The smallest absolute Gasteiger partial charge is 0.229 e. The lowest BCUT2D eigenvalue weighted by molar-refractivity contribution is -0.155. The third-order valence-corrected chi connectivity index (χ3v) is 12.5. The monoisotopic (exact) mass is 601 g/mol. The number of benzene rings is 1. The van der Waals surface area contributed by atoms with Crippen LogP contribution in [0.4, 0.5) is 23.1 Å². The number of thiophene rings is 1. The number of hydrogen-bond acceptors (Lipinski definition) is 8. The minimum absolute atomic E-state index is 0.104. The quantitative estimate of drug-likeness (QED) is 0.286. The molecule has 8 nitrogen and oxygen atoms in total. The van der Waals surface area contributed by atoms with Gasteiger partial charge in [0.15, 0.2) is 0 Å². The first-order valence-electron chi connectivity index (χ1n) is 16.4. The number of nitrogens with one attached hydrogen (secondary N) is 3. The second-order valence-electron chi connectivity index (χ2n) is 14.1. The number of nitrogens with zero attached hydrogens (tertiary/aromatic N) is 4. The fourth-order valence-corrected chi connectivity index (χ4v) is 9.64. The van der Waals surface area contributed by atoms with Gasteiger partial charge >= 0.3 is 0 Å². The van der Waals surface area contributed by atoms with E-state index in [1.807, 2.05) is 0 Å². The summed E-state index contributed by atoms with van der Waals surface area (Å²) in [5.41, 5.74) is 2.96. The molecule has 3 N–H and O–H groups in total. The van der Waals surface area contributed by atoms with Crippen molar-refractivity contribution in [3.63, 3.8) is 0 Å². The zero-order chi connectivity index (χ0) is 29.8. The molecule has 3 heterocycles. The number of anilines is 4. The zero-order valence-corrected chi connectivity index (χ0v) is 27.0. The molecule has 1 saturated heterocycles. The molecular weight excluding hydrogens is 554 g/mol. The lowest BCUT2D eigenvalue weighted by Gasteiger charge is -2.66. The van der Waals surface area contributed by atoms with Crippen LogP contribution in [0.1, 0.15) is 65.7 Å². The summed E-state index contributed by atoms with van der Waals surface area (Å²) in [6.45, 7) is 11.5. The molecule has 5 fully saturated rings.